The summed E-state index contributed by atoms with van der Waals surface area (Å²) in [5.74, 6) is 1.88. The number of anilines is 1. The van der Waals surface area contributed by atoms with E-state index in [0.717, 1.165) is 23.7 Å². The van der Waals surface area contributed by atoms with Gasteiger partial charge in [0.2, 0.25) is 0 Å². The summed E-state index contributed by atoms with van der Waals surface area (Å²) in [6, 6.07) is 3.64. The van der Waals surface area contributed by atoms with Crippen molar-refractivity contribution in [3.63, 3.8) is 0 Å². The lowest BCUT2D eigenvalue weighted by molar-refractivity contribution is 0.0822. The number of amides is 1. The normalized spacial score (nSPS) is 9.89. The molecule has 0 bridgehead atoms. The Morgan fingerprint density at radius 2 is 2.39 bits per heavy atom. The number of hydrogen-bond donors (Lipinski definition) is 1. The molecule has 1 aromatic rings. The maximum atomic E-state index is 11.7. The summed E-state index contributed by atoms with van der Waals surface area (Å²) in [5.41, 5.74) is 1.39. The molecule has 0 aliphatic heterocycles. The van der Waals surface area contributed by atoms with Crippen LogP contribution in [0.25, 0.3) is 0 Å². The number of carbonyl (C=O) groups is 1. The molecule has 1 rings (SSSR count). The summed E-state index contributed by atoms with van der Waals surface area (Å²) in [4.78, 5) is 17.3. The highest BCUT2D eigenvalue weighted by atomic mass is 32.2. The predicted octanol–water partition coefficient (Wildman–Crippen LogP) is 2.11. The van der Waals surface area contributed by atoms with E-state index in [1.54, 1.807) is 26.4 Å². The molecular weight excluding hydrogens is 246 g/mol. The van der Waals surface area contributed by atoms with Crippen molar-refractivity contribution in [3.05, 3.63) is 36.7 Å². The lowest BCUT2D eigenvalue weighted by Gasteiger charge is -2.11. The van der Waals surface area contributed by atoms with Gasteiger partial charge in [-0.25, -0.2) is 0 Å². The maximum Gasteiger partial charge on any atom is 0.272 e. The molecule has 0 saturated carbocycles. The zero-order valence-electron chi connectivity index (χ0n) is 10.8. The first-order chi connectivity index (χ1) is 8.65. The lowest BCUT2D eigenvalue weighted by Crippen LogP contribution is -2.22. The van der Waals surface area contributed by atoms with Crippen LogP contribution in [0.1, 0.15) is 10.5 Å². The second-order valence-corrected chi connectivity index (χ2v) is 5.07. The van der Waals surface area contributed by atoms with E-state index in [4.69, 9.17) is 0 Å². The fourth-order valence-electron chi connectivity index (χ4n) is 1.32. The van der Waals surface area contributed by atoms with Crippen molar-refractivity contribution in [1.82, 2.24) is 9.88 Å². The van der Waals surface area contributed by atoms with Gasteiger partial charge in [-0.3, -0.25) is 9.78 Å². The first-order valence-electron chi connectivity index (χ1n) is 5.75. The second kappa shape index (κ2) is 7.76. The number of hydrogen-bond acceptors (Lipinski definition) is 4. The van der Waals surface area contributed by atoms with Crippen LogP contribution >= 0.6 is 11.8 Å². The zero-order chi connectivity index (χ0) is 13.4. The molecule has 0 spiro atoms. The number of nitrogens with one attached hydrogen (secondary N) is 1. The van der Waals surface area contributed by atoms with Gasteiger partial charge in [0.1, 0.15) is 5.69 Å². The smallest absolute Gasteiger partial charge is 0.272 e. The molecule has 0 fully saturated rings. The van der Waals surface area contributed by atoms with E-state index < -0.39 is 0 Å². The Morgan fingerprint density at radius 1 is 1.61 bits per heavy atom. The largest absolute Gasteiger partial charge is 0.384 e. The van der Waals surface area contributed by atoms with E-state index in [1.807, 2.05) is 23.9 Å². The summed E-state index contributed by atoms with van der Waals surface area (Å²) >= 11 is 1.82. The van der Waals surface area contributed by atoms with Crippen LogP contribution in [0.4, 0.5) is 5.69 Å². The summed E-state index contributed by atoms with van der Waals surface area (Å²) in [6.07, 6.45) is 3.54. The van der Waals surface area contributed by atoms with Gasteiger partial charge in [0.25, 0.3) is 5.91 Å². The molecule has 98 valence electrons. The molecule has 0 unspecified atom stereocenters. The fourth-order valence-corrected chi connectivity index (χ4v) is 1.90. The monoisotopic (exact) mass is 265 g/mol. The number of nitrogens with zero attached hydrogens (tertiary/aromatic N) is 2. The van der Waals surface area contributed by atoms with Crippen molar-refractivity contribution < 1.29 is 4.79 Å². The Bertz CT molecular complexity index is 407. The van der Waals surface area contributed by atoms with Gasteiger partial charge in [0.15, 0.2) is 0 Å². The van der Waals surface area contributed by atoms with Gasteiger partial charge in [0.05, 0.1) is 0 Å². The zero-order valence-corrected chi connectivity index (χ0v) is 11.7. The highest BCUT2D eigenvalue weighted by Crippen LogP contribution is 2.09. The molecule has 18 heavy (non-hydrogen) atoms. The quantitative estimate of drug-likeness (QED) is 0.606. The third-order valence-corrected chi connectivity index (χ3v) is 3.16. The Balaban J connectivity index is 2.49. The van der Waals surface area contributed by atoms with E-state index in [1.165, 1.54) is 4.90 Å². The van der Waals surface area contributed by atoms with E-state index >= 15 is 0 Å². The standard InChI is InChI=1S/C13H19N3OS/c1-4-8-18-9-7-14-11-5-6-15-12(10-11)13(17)16(2)3/h4-6,10H,1,7-9H2,2-3H3,(H,14,15). The molecule has 0 aliphatic carbocycles. The van der Waals surface area contributed by atoms with Gasteiger partial charge in [0, 0.05) is 44.0 Å². The van der Waals surface area contributed by atoms with Crippen LogP contribution in [0.5, 0.6) is 0 Å². The average Bonchev–Trinajstić information content (AvgIpc) is 2.38. The highest BCUT2D eigenvalue weighted by molar-refractivity contribution is 7.99. The van der Waals surface area contributed by atoms with E-state index in [-0.39, 0.29) is 5.91 Å². The molecule has 0 aliphatic rings. The van der Waals surface area contributed by atoms with Crippen molar-refractivity contribution in [2.75, 3.05) is 37.5 Å². The molecule has 0 saturated heterocycles. The lowest BCUT2D eigenvalue weighted by atomic mass is 10.3. The molecule has 1 amide bonds. The number of thioether (sulfide) groups is 1. The third kappa shape index (κ3) is 4.79. The van der Waals surface area contributed by atoms with Crippen molar-refractivity contribution in [2.45, 2.75) is 0 Å². The van der Waals surface area contributed by atoms with Crippen LogP contribution in [-0.4, -0.2) is 47.9 Å². The van der Waals surface area contributed by atoms with E-state index in [0.29, 0.717) is 5.69 Å². The van der Waals surface area contributed by atoms with Crippen LogP contribution < -0.4 is 5.32 Å². The number of pyridine rings is 1. The minimum atomic E-state index is -0.0836. The Morgan fingerprint density at radius 3 is 3.06 bits per heavy atom. The van der Waals surface area contributed by atoms with Crippen molar-refractivity contribution in [2.24, 2.45) is 0 Å². The summed E-state index contributed by atoms with van der Waals surface area (Å²) < 4.78 is 0. The van der Waals surface area contributed by atoms with Gasteiger partial charge in [-0.15, -0.1) is 6.58 Å². The van der Waals surface area contributed by atoms with Crippen LogP contribution in [0.2, 0.25) is 0 Å². The van der Waals surface area contributed by atoms with Crippen molar-refractivity contribution >= 4 is 23.4 Å². The minimum Gasteiger partial charge on any atom is -0.384 e. The molecular formula is C13H19N3OS. The van der Waals surface area contributed by atoms with Gasteiger partial charge < -0.3 is 10.2 Å². The van der Waals surface area contributed by atoms with Crippen LogP contribution in [-0.2, 0) is 0 Å². The topological polar surface area (TPSA) is 45.2 Å². The van der Waals surface area contributed by atoms with Gasteiger partial charge in [-0.2, -0.15) is 11.8 Å². The maximum absolute atomic E-state index is 11.7. The third-order valence-electron chi connectivity index (χ3n) is 2.20. The van der Waals surface area contributed by atoms with Gasteiger partial charge >= 0.3 is 0 Å². The molecule has 4 nitrogen and oxygen atoms in total. The van der Waals surface area contributed by atoms with Crippen LogP contribution in [0, 0.1) is 0 Å². The Kier molecular flexibility index (Phi) is 6.28. The van der Waals surface area contributed by atoms with E-state index in [2.05, 4.69) is 16.9 Å². The Labute approximate surface area is 112 Å². The first-order valence-corrected chi connectivity index (χ1v) is 6.91. The Hall–Kier alpha value is -1.49. The number of rotatable bonds is 7. The summed E-state index contributed by atoms with van der Waals surface area (Å²) in [6.45, 7) is 4.53. The molecule has 1 N–H and O–H groups in total. The number of carbonyl (C=O) groups excluding carboxylic acids is 1. The van der Waals surface area contributed by atoms with Gasteiger partial charge in [-0.1, -0.05) is 6.08 Å². The van der Waals surface area contributed by atoms with E-state index in [9.17, 15) is 4.79 Å². The summed E-state index contributed by atoms with van der Waals surface area (Å²) in [7, 11) is 3.44. The van der Waals surface area contributed by atoms with Crippen molar-refractivity contribution in [3.8, 4) is 0 Å². The van der Waals surface area contributed by atoms with Crippen LogP contribution in [0.3, 0.4) is 0 Å². The number of aromatic nitrogens is 1. The summed E-state index contributed by atoms with van der Waals surface area (Å²) in [5, 5.41) is 3.27. The van der Waals surface area contributed by atoms with Crippen molar-refractivity contribution in [1.29, 1.82) is 0 Å². The predicted molar refractivity (Wildman–Crippen MR) is 78.3 cm³/mol. The van der Waals surface area contributed by atoms with Crippen LogP contribution in [0.15, 0.2) is 31.0 Å². The second-order valence-electron chi connectivity index (χ2n) is 3.92. The molecule has 0 atom stereocenters. The fraction of sp³-hybridized carbons (Fsp3) is 0.385. The minimum absolute atomic E-state index is 0.0836. The first kappa shape index (κ1) is 14.6. The SMILES string of the molecule is C=CCSCCNc1ccnc(C(=O)N(C)C)c1. The molecule has 0 radical (unpaired) electrons. The average molecular weight is 265 g/mol. The molecule has 5 heteroatoms. The molecule has 1 heterocycles. The molecule has 1 aromatic heterocycles. The molecule has 0 aromatic carbocycles. The van der Waals surface area contributed by atoms with Gasteiger partial charge in [-0.05, 0) is 12.1 Å². The highest BCUT2D eigenvalue weighted by Gasteiger charge is 2.09.